The van der Waals surface area contributed by atoms with Crippen LogP contribution in [0.4, 0.5) is 0 Å². The van der Waals surface area contributed by atoms with Crippen molar-refractivity contribution >= 4 is 22.7 Å². The predicted molar refractivity (Wildman–Crippen MR) is 104 cm³/mol. The van der Waals surface area contributed by atoms with Crippen LogP contribution >= 0.6 is 0 Å². The van der Waals surface area contributed by atoms with E-state index in [0.717, 1.165) is 10.8 Å². The summed E-state index contributed by atoms with van der Waals surface area (Å²) < 4.78 is 0. The summed E-state index contributed by atoms with van der Waals surface area (Å²) in [4.78, 5) is 31.7. The Morgan fingerprint density at radius 1 is 0.750 bits per heavy atom. The summed E-state index contributed by atoms with van der Waals surface area (Å²) in [6.45, 7) is 0. The Balaban J connectivity index is 2.00. The van der Waals surface area contributed by atoms with Gasteiger partial charge in [-0.15, -0.1) is 0 Å². The molecule has 4 aromatic rings. The molecule has 28 heavy (non-hydrogen) atoms. The number of aromatic nitrogens is 2. The zero-order chi connectivity index (χ0) is 19.7. The van der Waals surface area contributed by atoms with Crippen LogP contribution < -0.4 is 0 Å². The van der Waals surface area contributed by atoms with Gasteiger partial charge in [0.2, 0.25) is 0 Å². The molecule has 2 N–H and O–H groups in total. The van der Waals surface area contributed by atoms with Crippen molar-refractivity contribution in [1.29, 1.82) is 0 Å². The average Bonchev–Trinajstić information content (AvgIpc) is 2.73. The minimum atomic E-state index is -1.10. The number of benzene rings is 2. The Hall–Kier alpha value is -4.06. The lowest BCUT2D eigenvalue weighted by molar-refractivity contribution is 0.0686. The smallest absolute Gasteiger partial charge is 0.336 e. The first-order valence-corrected chi connectivity index (χ1v) is 8.46. The lowest BCUT2D eigenvalue weighted by atomic mass is 9.94. The molecule has 2 aromatic heterocycles. The van der Waals surface area contributed by atoms with Gasteiger partial charge in [0.1, 0.15) is 0 Å². The van der Waals surface area contributed by atoms with Gasteiger partial charge in [-0.25, -0.2) is 9.59 Å². The van der Waals surface area contributed by atoms with Gasteiger partial charge < -0.3 is 10.2 Å². The molecule has 136 valence electrons. The van der Waals surface area contributed by atoms with Gasteiger partial charge in [0, 0.05) is 18.0 Å². The summed E-state index contributed by atoms with van der Waals surface area (Å²) in [6, 6.07) is 17.6. The maximum Gasteiger partial charge on any atom is 0.336 e. The van der Waals surface area contributed by atoms with Crippen molar-refractivity contribution in [3.8, 4) is 22.5 Å². The molecule has 0 saturated carbocycles. The third-order valence-corrected chi connectivity index (χ3v) is 4.47. The quantitative estimate of drug-likeness (QED) is 0.554. The number of carboxylic acid groups (broad SMARTS) is 2. The number of rotatable bonds is 4. The van der Waals surface area contributed by atoms with E-state index in [-0.39, 0.29) is 11.1 Å². The average molecular weight is 370 g/mol. The van der Waals surface area contributed by atoms with Crippen LogP contribution in [-0.2, 0) is 0 Å². The second-order valence-electron chi connectivity index (χ2n) is 6.18. The fourth-order valence-corrected chi connectivity index (χ4v) is 3.16. The van der Waals surface area contributed by atoms with Gasteiger partial charge in [0.15, 0.2) is 0 Å². The Labute approximate surface area is 159 Å². The molecule has 0 aliphatic rings. The third-order valence-electron chi connectivity index (χ3n) is 4.47. The van der Waals surface area contributed by atoms with E-state index < -0.39 is 11.9 Å². The molecule has 0 aliphatic carbocycles. The van der Waals surface area contributed by atoms with Crippen LogP contribution in [0.5, 0.6) is 0 Å². The second kappa shape index (κ2) is 6.92. The molecule has 0 radical (unpaired) electrons. The van der Waals surface area contributed by atoms with Crippen molar-refractivity contribution in [2.45, 2.75) is 0 Å². The van der Waals surface area contributed by atoms with Gasteiger partial charge in [-0.05, 0) is 40.6 Å². The summed E-state index contributed by atoms with van der Waals surface area (Å²) in [5.74, 6) is -2.19. The number of nitrogens with zero attached hydrogens (tertiary/aromatic N) is 2. The molecule has 0 atom stereocenters. The van der Waals surface area contributed by atoms with E-state index in [4.69, 9.17) is 0 Å². The summed E-state index contributed by atoms with van der Waals surface area (Å²) in [5.41, 5.74) is 1.81. The van der Waals surface area contributed by atoms with Crippen molar-refractivity contribution in [3.63, 3.8) is 0 Å². The summed E-state index contributed by atoms with van der Waals surface area (Å²) in [6.07, 6.45) is 2.76. The van der Waals surface area contributed by atoms with Gasteiger partial charge in [0.25, 0.3) is 0 Å². The van der Waals surface area contributed by atoms with Gasteiger partial charge in [-0.2, -0.15) is 0 Å². The van der Waals surface area contributed by atoms with Crippen molar-refractivity contribution in [2.24, 2.45) is 0 Å². The number of carbonyl (C=O) groups is 2. The van der Waals surface area contributed by atoms with E-state index in [2.05, 4.69) is 9.97 Å². The monoisotopic (exact) mass is 370 g/mol. The zero-order valence-corrected chi connectivity index (χ0v) is 14.5. The number of pyridine rings is 2. The van der Waals surface area contributed by atoms with Crippen LogP contribution in [0.15, 0.2) is 73.1 Å². The first kappa shape index (κ1) is 17.4. The maximum atomic E-state index is 11.9. The fraction of sp³-hybridized carbons (Fsp3) is 0. The molecular weight excluding hydrogens is 356 g/mol. The van der Waals surface area contributed by atoms with Crippen molar-refractivity contribution in [2.75, 3.05) is 0 Å². The van der Waals surface area contributed by atoms with Crippen LogP contribution in [0.25, 0.3) is 33.3 Å². The lowest BCUT2D eigenvalue weighted by Gasteiger charge is -2.13. The molecule has 0 bridgehead atoms. The van der Waals surface area contributed by atoms with E-state index in [1.54, 1.807) is 0 Å². The molecule has 4 rings (SSSR count). The van der Waals surface area contributed by atoms with E-state index in [1.165, 1.54) is 30.6 Å². The van der Waals surface area contributed by atoms with Crippen LogP contribution in [0.2, 0.25) is 0 Å². The van der Waals surface area contributed by atoms with Gasteiger partial charge in [-0.1, -0.05) is 36.4 Å². The molecule has 0 fully saturated rings. The Kier molecular flexibility index (Phi) is 4.29. The van der Waals surface area contributed by atoms with Gasteiger partial charge in [-0.3, -0.25) is 9.97 Å². The summed E-state index contributed by atoms with van der Waals surface area (Å²) in [5, 5.41) is 21.0. The first-order valence-electron chi connectivity index (χ1n) is 8.46. The molecule has 0 unspecified atom stereocenters. The maximum absolute atomic E-state index is 11.9. The highest BCUT2D eigenvalue weighted by Crippen LogP contribution is 2.34. The minimum absolute atomic E-state index is 0.0528. The number of carboxylic acids is 2. The predicted octanol–water partition coefficient (Wildman–Crippen LogP) is 4.36. The van der Waals surface area contributed by atoms with Crippen molar-refractivity contribution in [3.05, 3.63) is 84.2 Å². The molecule has 6 heteroatoms. The summed E-state index contributed by atoms with van der Waals surface area (Å²) >= 11 is 0. The molecule has 0 saturated heterocycles. The Morgan fingerprint density at radius 3 is 2.25 bits per heavy atom. The molecule has 0 amide bonds. The lowest BCUT2D eigenvalue weighted by Crippen LogP contribution is -2.04. The third kappa shape index (κ3) is 3.07. The Bertz CT molecular complexity index is 1230. The number of hydrogen-bond acceptors (Lipinski definition) is 4. The van der Waals surface area contributed by atoms with Gasteiger partial charge in [0.05, 0.1) is 22.5 Å². The van der Waals surface area contributed by atoms with E-state index in [9.17, 15) is 19.8 Å². The molecule has 0 aliphatic heterocycles. The molecule has 2 heterocycles. The Morgan fingerprint density at radius 2 is 1.50 bits per heavy atom. The molecule has 0 spiro atoms. The highest BCUT2D eigenvalue weighted by atomic mass is 16.4. The highest BCUT2D eigenvalue weighted by molar-refractivity contribution is 6.02. The summed E-state index contributed by atoms with van der Waals surface area (Å²) in [7, 11) is 0. The van der Waals surface area contributed by atoms with Crippen molar-refractivity contribution in [1.82, 2.24) is 9.97 Å². The largest absolute Gasteiger partial charge is 0.478 e. The minimum Gasteiger partial charge on any atom is -0.478 e. The number of fused-ring (bicyclic) bond motifs is 1. The molecule has 6 nitrogen and oxygen atoms in total. The van der Waals surface area contributed by atoms with E-state index >= 15 is 0 Å². The van der Waals surface area contributed by atoms with Gasteiger partial charge >= 0.3 is 11.9 Å². The standard InChI is InChI=1S/C22H14N2O4/c25-21(26)16-7-9-23-18(12-16)20-19(17(22(27)28)8-10-24-20)15-6-5-13-3-1-2-4-14(13)11-15/h1-12H,(H,25,26)(H,27,28). The molecule has 2 aromatic carbocycles. The number of aromatic carboxylic acids is 2. The normalized spacial score (nSPS) is 10.7. The van der Waals surface area contributed by atoms with Crippen molar-refractivity contribution < 1.29 is 19.8 Å². The zero-order valence-electron chi connectivity index (χ0n) is 14.5. The van der Waals surface area contributed by atoms with E-state index in [0.29, 0.717) is 22.5 Å². The van der Waals surface area contributed by atoms with Crippen LogP contribution in [0.3, 0.4) is 0 Å². The SMILES string of the molecule is O=C(O)c1ccnc(-c2nccc(C(=O)O)c2-c2ccc3ccccc3c2)c1. The topological polar surface area (TPSA) is 100 Å². The van der Waals surface area contributed by atoms with E-state index in [1.807, 2.05) is 42.5 Å². The van der Waals surface area contributed by atoms with Crippen LogP contribution in [-0.4, -0.2) is 32.1 Å². The fourth-order valence-electron chi connectivity index (χ4n) is 3.16. The van der Waals surface area contributed by atoms with Crippen LogP contribution in [0, 0.1) is 0 Å². The second-order valence-corrected chi connectivity index (χ2v) is 6.18. The van der Waals surface area contributed by atoms with Crippen LogP contribution in [0.1, 0.15) is 20.7 Å². The first-order chi connectivity index (χ1) is 13.5. The number of hydrogen-bond donors (Lipinski definition) is 2. The molecular formula is C22H14N2O4. The highest BCUT2D eigenvalue weighted by Gasteiger charge is 2.20.